The zero-order chi connectivity index (χ0) is 27.8. The maximum Gasteiger partial charge on any atom is 0.339 e. The highest BCUT2D eigenvalue weighted by Crippen LogP contribution is 2.22. The summed E-state index contributed by atoms with van der Waals surface area (Å²) in [6.45, 7) is 4.62. The van der Waals surface area contributed by atoms with Crippen molar-refractivity contribution in [3.8, 4) is 0 Å². The highest BCUT2D eigenvalue weighted by atomic mass is 32.2. The summed E-state index contributed by atoms with van der Waals surface area (Å²) in [6, 6.07) is 9.58. The molecule has 4 N–H and O–H groups in total. The number of nitrogens with one attached hydrogen (secondary N) is 4. The molecule has 0 radical (unpaired) electrons. The number of hydrogen-bond acceptors (Lipinski definition) is 8. The molecular weight excluding hydrogens is 516 g/mol. The van der Waals surface area contributed by atoms with Gasteiger partial charge in [0.2, 0.25) is 5.78 Å². The molecule has 0 amide bonds. The van der Waals surface area contributed by atoms with E-state index in [1.54, 1.807) is 13.8 Å². The van der Waals surface area contributed by atoms with Gasteiger partial charge in [-0.25, -0.2) is 22.8 Å². The topological polar surface area (TPSA) is 180 Å². The van der Waals surface area contributed by atoms with Crippen LogP contribution in [0.5, 0.6) is 0 Å². The van der Waals surface area contributed by atoms with E-state index in [4.69, 9.17) is 9.47 Å². The molecule has 0 bridgehead atoms. The standard InChI is InChI=1S/C25H24N4O8S/c1-12-20(24(32)36-4)13(2)26-21(12)22(30)14(3)37-23(31)15-5-7-16(8-6-15)29-38(34,35)17-9-10-18-19(11-17)28-25(33)27-18/h5-11,14,26,29H,1-4H3,(H2,27,28,33)/t14-/m1/s1. The molecule has 2 heterocycles. The Kier molecular flexibility index (Phi) is 6.96. The van der Waals surface area contributed by atoms with Crippen LogP contribution in [0, 0.1) is 13.8 Å². The molecule has 0 aliphatic heterocycles. The molecule has 2 aromatic carbocycles. The number of esters is 2. The number of imidazole rings is 1. The lowest BCUT2D eigenvalue weighted by Gasteiger charge is -2.13. The number of fused-ring (bicyclic) bond motifs is 1. The molecule has 2 aromatic heterocycles. The van der Waals surface area contributed by atoms with Crippen LogP contribution in [0.25, 0.3) is 11.0 Å². The highest BCUT2D eigenvalue weighted by Gasteiger charge is 2.27. The summed E-state index contributed by atoms with van der Waals surface area (Å²) in [5.41, 5.74) is 1.85. The molecule has 1 atom stereocenters. The molecular formula is C25H24N4O8S. The van der Waals surface area contributed by atoms with Gasteiger partial charge in [0.25, 0.3) is 10.0 Å². The molecule has 198 valence electrons. The second-order valence-electron chi connectivity index (χ2n) is 8.50. The van der Waals surface area contributed by atoms with Crippen LogP contribution in [0.15, 0.2) is 52.2 Å². The van der Waals surface area contributed by atoms with Crippen molar-refractivity contribution in [2.75, 3.05) is 11.8 Å². The Morgan fingerprint density at radius 3 is 2.24 bits per heavy atom. The van der Waals surface area contributed by atoms with Crippen molar-refractivity contribution in [2.45, 2.75) is 31.8 Å². The van der Waals surface area contributed by atoms with Gasteiger partial charge in [-0.15, -0.1) is 0 Å². The highest BCUT2D eigenvalue weighted by molar-refractivity contribution is 7.92. The third-order valence-electron chi connectivity index (χ3n) is 5.90. The van der Waals surface area contributed by atoms with Gasteiger partial charge in [0.1, 0.15) is 0 Å². The lowest BCUT2D eigenvalue weighted by Crippen LogP contribution is -2.25. The molecule has 12 nitrogen and oxygen atoms in total. The number of carbonyl (C=O) groups excluding carboxylic acids is 3. The Bertz CT molecular complexity index is 1730. The van der Waals surface area contributed by atoms with E-state index in [1.165, 1.54) is 56.5 Å². The van der Waals surface area contributed by atoms with Gasteiger partial charge in [-0.3, -0.25) is 9.52 Å². The van der Waals surface area contributed by atoms with E-state index in [-0.39, 0.29) is 27.4 Å². The van der Waals surface area contributed by atoms with Crippen molar-refractivity contribution in [1.29, 1.82) is 0 Å². The first-order valence-electron chi connectivity index (χ1n) is 11.3. The molecule has 0 aliphatic carbocycles. The van der Waals surface area contributed by atoms with E-state index in [1.807, 2.05) is 0 Å². The fourth-order valence-electron chi connectivity index (χ4n) is 3.96. The van der Waals surface area contributed by atoms with Gasteiger partial charge < -0.3 is 24.4 Å². The van der Waals surface area contributed by atoms with Gasteiger partial charge in [-0.2, -0.15) is 0 Å². The van der Waals surface area contributed by atoms with Crippen LogP contribution in [-0.2, 0) is 19.5 Å². The van der Waals surface area contributed by atoms with Crippen molar-refractivity contribution in [2.24, 2.45) is 0 Å². The second-order valence-corrected chi connectivity index (χ2v) is 10.2. The Balaban J connectivity index is 1.44. The Morgan fingerprint density at radius 1 is 0.921 bits per heavy atom. The predicted molar refractivity (Wildman–Crippen MR) is 137 cm³/mol. The van der Waals surface area contributed by atoms with E-state index < -0.39 is 39.5 Å². The fraction of sp³-hybridized carbons (Fsp3) is 0.200. The molecule has 13 heteroatoms. The van der Waals surface area contributed by atoms with Gasteiger partial charge in [-0.1, -0.05) is 0 Å². The van der Waals surface area contributed by atoms with Crippen LogP contribution < -0.4 is 10.4 Å². The minimum Gasteiger partial charge on any atom is -0.465 e. The number of benzene rings is 2. The summed E-state index contributed by atoms with van der Waals surface area (Å²) >= 11 is 0. The number of aromatic nitrogens is 3. The average Bonchev–Trinajstić information content (AvgIpc) is 3.40. The monoisotopic (exact) mass is 540 g/mol. The number of ether oxygens (including phenoxy) is 2. The third-order valence-corrected chi connectivity index (χ3v) is 7.28. The predicted octanol–water partition coefficient (Wildman–Crippen LogP) is 2.82. The van der Waals surface area contributed by atoms with Crippen LogP contribution in [0.4, 0.5) is 5.69 Å². The van der Waals surface area contributed by atoms with Crippen molar-refractivity contribution in [1.82, 2.24) is 15.0 Å². The van der Waals surface area contributed by atoms with Crippen LogP contribution in [0.3, 0.4) is 0 Å². The van der Waals surface area contributed by atoms with E-state index in [0.717, 1.165) is 0 Å². The summed E-state index contributed by atoms with van der Waals surface area (Å²) in [4.78, 5) is 56.7. The molecule has 4 aromatic rings. The Labute approximate surface area is 216 Å². The van der Waals surface area contributed by atoms with Gasteiger partial charge in [-0.05, 0) is 68.8 Å². The van der Waals surface area contributed by atoms with Crippen LogP contribution in [-0.4, -0.2) is 54.3 Å². The van der Waals surface area contributed by atoms with Crippen molar-refractivity contribution >= 4 is 44.5 Å². The lowest BCUT2D eigenvalue weighted by molar-refractivity contribution is 0.0316. The number of aromatic amines is 3. The lowest BCUT2D eigenvalue weighted by atomic mass is 10.1. The molecule has 0 aliphatic rings. The average molecular weight is 541 g/mol. The third kappa shape index (κ3) is 5.09. The van der Waals surface area contributed by atoms with E-state index in [9.17, 15) is 27.6 Å². The normalized spacial score (nSPS) is 12.2. The summed E-state index contributed by atoms with van der Waals surface area (Å²) < 4.78 is 38.0. The van der Waals surface area contributed by atoms with E-state index in [0.29, 0.717) is 22.3 Å². The van der Waals surface area contributed by atoms with Crippen LogP contribution in [0.1, 0.15) is 49.4 Å². The number of carbonyl (C=O) groups is 3. The number of anilines is 1. The number of aryl methyl sites for hydroxylation is 1. The molecule has 38 heavy (non-hydrogen) atoms. The zero-order valence-corrected chi connectivity index (χ0v) is 21.6. The Morgan fingerprint density at radius 2 is 1.58 bits per heavy atom. The largest absolute Gasteiger partial charge is 0.465 e. The Hall–Kier alpha value is -4.65. The summed E-state index contributed by atoms with van der Waals surface area (Å²) in [5, 5.41) is 0. The van der Waals surface area contributed by atoms with E-state index >= 15 is 0 Å². The van der Waals surface area contributed by atoms with Gasteiger partial charge in [0.05, 0.1) is 39.9 Å². The summed E-state index contributed by atoms with van der Waals surface area (Å²) in [6.07, 6.45) is -1.17. The second kappa shape index (κ2) is 10.0. The number of sulfonamides is 1. The number of H-pyrrole nitrogens is 3. The quantitative estimate of drug-likeness (QED) is 0.194. The smallest absolute Gasteiger partial charge is 0.339 e. The van der Waals surface area contributed by atoms with Crippen molar-refractivity contribution in [3.05, 3.63) is 81.0 Å². The first-order valence-corrected chi connectivity index (χ1v) is 12.8. The maximum absolute atomic E-state index is 12.9. The number of Topliss-reactive ketones (excluding diaryl/α,β-unsaturated/α-hetero) is 1. The molecule has 0 saturated carbocycles. The van der Waals surface area contributed by atoms with Crippen molar-refractivity contribution in [3.63, 3.8) is 0 Å². The fourth-order valence-corrected chi connectivity index (χ4v) is 5.04. The first-order chi connectivity index (χ1) is 17.9. The van der Waals surface area contributed by atoms with E-state index in [2.05, 4.69) is 19.7 Å². The van der Waals surface area contributed by atoms with Crippen molar-refractivity contribution < 1.29 is 32.3 Å². The van der Waals surface area contributed by atoms with Gasteiger partial charge in [0.15, 0.2) is 6.10 Å². The van der Waals surface area contributed by atoms with Gasteiger partial charge >= 0.3 is 17.6 Å². The molecule has 0 saturated heterocycles. The molecule has 0 unspecified atom stereocenters. The number of methoxy groups -OCH3 is 1. The zero-order valence-electron chi connectivity index (χ0n) is 20.8. The first kappa shape index (κ1) is 26.4. The van der Waals surface area contributed by atoms with Crippen LogP contribution in [0.2, 0.25) is 0 Å². The number of hydrogen-bond donors (Lipinski definition) is 4. The minimum absolute atomic E-state index is 0.0683. The van der Waals surface area contributed by atoms with Gasteiger partial charge in [0, 0.05) is 11.4 Å². The van der Waals surface area contributed by atoms with Crippen LogP contribution >= 0.6 is 0 Å². The maximum atomic E-state index is 12.9. The SMILES string of the molecule is COC(=O)c1c(C)[nH]c(C(=O)[C@@H](C)OC(=O)c2ccc(NS(=O)(=O)c3ccc4[nH]c(=O)[nH]c4c3)cc2)c1C. The summed E-state index contributed by atoms with van der Waals surface area (Å²) in [7, 11) is -2.75. The number of ketones is 1. The molecule has 4 rings (SSSR count). The molecule has 0 spiro atoms. The minimum atomic E-state index is -3.99. The number of rotatable bonds is 8. The molecule has 0 fully saturated rings. The summed E-state index contributed by atoms with van der Waals surface area (Å²) in [5.74, 6) is -1.91.